The van der Waals surface area contributed by atoms with Gasteiger partial charge in [-0.25, -0.2) is 9.78 Å². The monoisotopic (exact) mass is 246 g/mol. The lowest BCUT2D eigenvalue weighted by molar-refractivity contribution is 0.0698. The lowest BCUT2D eigenvalue weighted by atomic mass is 10.1. The van der Waals surface area contributed by atoms with E-state index < -0.39 is 5.97 Å². The Bertz CT molecular complexity index is 612. The molecule has 1 fully saturated rings. The Hall–Kier alpha value is -1.88. The highest BCUT2D eigenvalue weighted by atomic mass is 16.5. The summed E-state index contributed by atoms with van der Waals surface area (Å²) in [5.74, 6) is -0.0742. The number of rotatable bonds is 2. The number of ether oxygens (including phenoxy) is 1. The third kappa shape index (κ3) is 1.59. The molecule has 5 heteroatoms. The molecular formula is C13H14N2O3. The largest absolute Gasteiger partial charge is 0.478 e. The number of nitrogens with zero attached hydrogens (tertiary/aromatic N) is 2. The van der Waals surface area contributed by atoms with Crippen LogP contribution in [0.15, 0.2) is 18.2 Å². The number of fused-ring (bicyclic) bond motifs is 1. The van der Waals surface area contributed by atoms with Gasteiger partial charge >= 0.3 is 5.97 Å². The smallest absolute Gasteiger partial charge is 0.337 e. The molecule has 18 heavy (non-hydrogen) atoms. The van der Waals surface area contributed by atoms with Crippen molar-refractivity contribution in [3.8, 4) is 0 Å². The van der Waals surface area contributed by atoms with Crippen molar-refractivity contribution >= 4 is 17.0 Å². The second kappa shape index (κ2) is 4.10. The van der Waals surface area contributed by atoms with Gasteiger partial charge in [-0.05, 0) is 25.5 Å². The number of benzene rings is 1. The van der Waals surface area contributed by atoms with Crippen LogP contribution in [-0.2, 0) is 4.74 Å². The number of aromatic carboxylic acids is 1. The van der Waals surface area contributed by atoms with Crippen molar-refractivity contribution in [1.29, 1.82) is 0 Å². The SMILES string of the molecule is Cc1nc2cccc(C(=O)O)c2n1C1CCOC1. The van der Waals surface area contributed by atoms with Gasteiger partial charge in [-0.15, -0.1) is 0 Å². The number of aromatic nitrogens is 2. The van der Waals surface area contributed by atoms with Crippen molar-refractivity contribution in [2.75, 3.05) is 13.2 Å². The molecule has 1 aromatic heterocycles. The molecule has 1 unspecified atom stereocenters. The van der Waals surface area contributed by atoms with Gasteiger partial charge < -0.3 is 14.4 Å². The van der Waals surface area contributed by atoms with Crippen molar-refractivity contribution in [2.45, 2.75) is 19.4 Å². The number of carboxylic acids is 1. The standard InChI is InChI=1S/C13H14N2O3/c1-8-14-11-4-2-3-10(13(16)17)12(11)15(8)9-5-6-18-7-9/h2-4,9H,5-7H2,1H3,(H,16,17). The summed E-state index contributed by atoms with van der Waals surface area (Å²) in [6.07, 6.45) is 0.903. The molecule has 94 valence electrons. The average molecular weight is 246 g/mol. The van der Waals surface area contributed by atoms with Gasteiger partial charge in [-0.2, -0.15) is 0 Å². The van der Waals surface area contributed by atoms with Gasteiger partial charge in [0.25, 0.3) is 0 Å². The van der Waals surface area contributed by atoms with Crippen LogP contribution in [0.25, 0.3) is 11.0 Å². The number of imidazole rings is 1. The second-order valence-electron chi connectivity index (χ2n) is 4.52. The minimum Gasteiger partial charge on any atom is -0.478 e. The van der Waals surface area contributed by atoms with Gasteiger partial charge in [0, 0.05) is 6.61 Å². The number of carboxylic acid groups (broad SMARTS) is 1. The summed E-state index contributed by atoms with van der Waals surface area (Å²) >= 11 is 0. The molecule has 1 aliphatic rings. The number of carbonyl (C=O) groups is 1. The number of para-hydroxylation sites is 1. The molecule has 1 saturated heterocycles. The summed E-state index contributed by atoms with van der Waals surface area (Å²) in [6.45, 7) is 3.25. The van der Waals surface area contributed by atoms with Gasteiger partial charge in [0.05, 0.1) is 29.2 Å². The summed E-state index contributed by atoms with van der Waals surface area (Å²) in [5.41, 5.74) is 1.75. The first-order valence-electron chi connectivity index (χ1n) is 5.97. The van der Waals surface area contributed by atoms with E-state index in [1.807, 2.05) is 17.6 Å². The average Bonchev–Trinajstić information content (AvgIpc) is 2.93. The summed E-state index contributed by atoms with van der Waals surface area (Å²) in [5, 5.41) is 9.29. The molecule has 1 aromatic carbocycles. The normalized spacial score (nSPS) is 19.5. The molecule has 1 aliphatic heterocycles. The number of aryl methyl sites for hydroxylation is 1. The first-order valence-corrected chi connectivity index (χ1v) is 5.97. The summed E-state index contributed by atoms with van der Waals surface area (Å²) in [4.78, 5) is 15.8. The van der Waals surface area contributed by atoms with Crippen LogP contribution in [0.3, 0.4) is 0 Å². The fourth-order valence-corrected chi connectivity index (χ4v) is 2.61. The third-order valence-corrected chi connectivity index (χ3v) is 3.39. The Kier molecular flexibility index (Phi) is 2.56. The maximum absolute atomic E-state index is 11.3. The van der Waals surface area contributed by atoms with E-state index in [1.54, 1.807) is 12.1 Å². The Balaban J connectivity index is 2.28. The highest BCUT2D eigenvalue weighted by molar-refractivity contribution is 6.01. The van der Waals surface area contributed by atoms with E-state index in [0.29, 0.717) is 17.7 Å². The Morgan fingerprint density at radius 2 is 2.39 bits per heavy atom. The molecular weight excluding hydrogens is 232 g/mol. The van der Waals surface area contributed by atoms with E-state index in [-0.39, 0.29) is 6.04 Å². The van der Waals surface area contributed by atoms with E-state index in [4.69, 9.17) is 4.74 Å². The minimum atomic E-state index is -0.916. The van der Waals surface area contributed by atoms with Crippen LogP contribution in [0, 0.1) is 6.92 Å². The highest BCUT2D eigenvalue weighted by Crippen LogP contribution is 2.28. The zero-order valence-corrected chi connectivity index (χ0v) is 10.1. The Morgan fingerprint density at radius 3 is 3.06 bits per heavy atom. The van der Waals surface area contributed by atoms with Crippen LogP contribution in [0.4, 0.5) is 0 Å². The molecule has 0 bridgehead atoms. The Morgan fingerprint density at radius 1 is 1.56 bits per heavy atom. The number of hydrogen-bond donors (Lipinski definition) is 1. The number of hydrogen-bond acceptors (Lipinski definition) is 3. The zero-order valence-electron chi connectivity index (χ0n) is 10.1. The lowest BCUT2D eigenvalue weighted by Crippen LogP contribution is -2.12. The summed E-state index contributed by atoms with van der Waals surface area (Å²) in [6, 6.07) is 5.39. The van der Waals surface area contributed by atoms with Crippen molar-refractivity contribution < 1.29 is 14.6 Å². The van der Waals surface area contributed by atoms with E-state index in [0.717, 1.165) is 24.4 Å². The van der Waals surface area contributed by atoms with E-state index in [1.165, 1.54) is 0 Å². The van der Waals surface area contributed by atoms with Crippen LogP contribution in [0.5, 0.6) is 0 Å². The van der Waals surface area contributed by atoms with Crippen molar-refractivity contribution in [3.63, 3.8) is 0 Å². The lowest BCUT2D eigenvalue weighted by Gasteiger charge is -2.14. The quantitative estimate of drug-likeness (QED) is 0.880. The Labute approximate surface area is 104 Å². The molecule has 3 rings (SSSR count). The molecule has 0 aliphatic carbocycles. The minimum absolute atomic E-state index is 0.190. The summed E-state index contributed by atoms with van der Waals surface area (Å²) in [7, 11) is 0. The predicted octanol–water partition coefficient (Wildman–Crippen LogP) is 2.00. The van der Waals surface area contributed by atoms with Crippen LogP contribution >= 0.6 is 0 Å². The topological polar surface area (TPSA) is 64.3 Å². The molecule has 2 heterocycles. The molecule has 0 amide bonds. The van der Waals surface area contributed by atoms with Crippen molar-refractivity contribution in [3.05, 3.63) is 29.6 Å². The fourth-order valence-electron chi connectivity index (χ4n) is 2.61. The van der Waals surface area contributed by atoms with Gasteiger partial charge in [-0.1, -0.05) is 6.07 Å². The molecule has 0 radical (unpaired) electrons. The molecule has 2 aromatic rings. The molecule has 1 N–H and O–H groups in total. The molecule has 5 nitrogen and oxygen atoms in total. The fraction of sp³-hybridized carbons (Fsp3) is 0.385. The van der Waals surface area contributed by atoms with Crippen LogP contribution in [-0.4, -0.2) is 33.8 Å². The van der Waals surface area contributed by atoms with Crippen LogP contribution < -0.4 is 0 Å². The second-order valence-corrected chi connectivity index (χ2v) is 4.52. The van der Waals surface area contributed by atoms with Crippen molar-refractivity contribution in [2.24, 2.45) is 0 Å². The van der Waals surface area contributed by atoms with Gasteiger partial charge in [-0.3, -0.25) is 0 Å². The molecule has 0 saturated carbocycles. The third-order valence-electron chi connectivity index (χ3n) is 3.39. The van der Waals surface area contributed by atoms with E-state index in [9.17, 15) is 9.90 Å². The van der Waals surface area contributed by atoms with Gasteiger partial charge in [0.15, 0.2) is 0 Å². The van der Waals surface area contributed by atoms with Crippen molar-refractivity contribution in [1.82, 2.24) is 9.55 Å². The van der Waals surface area contributed by atoms with Gasteiger partial charge in [0.2, 0.25) is 0 Å². The van der Waals surface area contributed by atoms with Crippen LogP contribution in [0.2, 0.25) is 0 Å². The van der Waals surface area contributed by atoms with E-state index >= 15 is 0 Å². The zero-order chi connectivity index (χ0) is 12.7. The first kappa shape index (κ1) is 11.2. The van der Waals surface area contributed by atoms with Crippen LogP contribution in [0.1, 0.15) is 28.6 Å². The molecule has 1 atom stereocenters. The maximum atomic E-state index is 11.3. The first-order chi connectivity index (χ1) is 8.68. The molecule has 0 spiro atoms. The highest BCUT2D eigenvalue weighted by Gasteiger charge is 2.24. The van der Waals surface area contributed by atoms with E-state index in [2.05, 4.69) is 4.98 Å². The predicted molar refractivity (Wildman–Crippen MR) is 65.9 cm³/mol. The maximum Gasteiger partial charge on any atom is 0.337 e. The summed E-state index contributed by atoms with van der Waals surface area (Å²) < 4.78 is 7.39. The van der Waals surface area contributed by atoms with Gasteiger partial charge in [0.1, 0.15) is 5.82 Å².